The SMILES string of the molecule is O=C(NCC1CCS(=O)(=O)C1)c1ccc(-c2ccccc2)[nH]c1=O. The van der Waals surface area contributed by atoms with Crippen LogP contribution in [0.15, 0.2) is 47.3 Å². The number of aromatic nitrogens is 1. The minimum absolute atomic E-state index is 0.0236. The normalized spacial score (nSPS) is 19.1. The molecule has 126 valence electrons. The second-order valence-electron chi connectivity index (χ2n) is 5.96. The van der Waals surface area contributed by atoms with E-state index in [-0.39, 0.29) is 29.5 Å². The molecule has 6 nitrogen and oxygen atoms in total. The van der Waals surface area contributed by atoms with E-state index in [1.807, 2.05) is 30.3 Å². The molecule has 1 unspecified atom stereocenters. The summed E-state index contributed by atoms with van der Waals surface area (Å²) in [5.74, 6) is -0.307. The third kappa shape index (κ3) is 3.73. The van der Waals surface area contributed by atoms with Gasteiger partial charge in [0.05, 0.1) is 11.5 Å². The Labute approximate surface area is 139 Å². The van der Waals surface area contributed by atoms with Crippen molar-refractivity contribution in [1.29, 1.82) is 0 Å². The number of sulfone groups is 1. The molecule has 1 fully saturated rings. The lowest BCUT2D eigenvalue weighted by Crippen LogP contribution is -2.33. The summed E-state index contributed by atoms with van der Waals surface area (Å²) in [6, 6.07) is 12.5. The second kappa shape index (κ2) is 6.60. The van der Waals surface area contributed by atoms with Crippen molar-refractivity contribution in [2.24, 2.45) is 5.92 Å². The van der Waals surface area contributed by atoms with Crippen molar-refractivity contribution in [3.05, 3.63) is 58.4 Å². The van der Waals surface area contributed by atoms with E-state index in [0.717, 1.165) is 5.56 Å². The topological polar surface area (TPSA) is 96.1 Å². The van der Waals surface area contributed by atoms with Gasteiger partial charge in [0, 0.05) is 12.2 Å². The Kier molecular flexibility index (Phi) is 4.53. The highest BCUT2D eigenvalue weighted by atomic mass is 32.2. The van der Waals surface area contributed by atoms with Gasteiger partial charge in [-0.1, -0.05) is 30.3 Å². The molecule has 1 amide bonds. The van der Waals surface area contributed by atoms with Gasteiger partial charge in [0.1, 0.15) is 5.56 Å². The van der Waals surface area contributed by atoms with Crippen LogP contribution in [0.25, 0.3) is 11.3 Å². The second-order valence-corrected chi connectivity index (χ2v) is 8.19. The van der Waals surface area contributed by atoms with Crippen LogP contribution in [-0.4, -0.2) is 37.4 Å². The molecular weight excluding hydrogens is 328 g/mol. The predicted octanol–water partition coefficient (Wildman–Crippen LogP) is 1.21. The Hall–Kier alpha value is -2.41. The van der Waals surface area contributed by atoms with E-state index in [0.29, 0.717) is 12.1 Å². The lowest BCUT2D eigenvalue weighted by molar-refractivity contribution is 0.0947. The maximum atomic E-state index is 12.2. The van der Waals surface area contributed by atoms with Crippen molar-refractivity contribution < 1.29 is 13.2 Å². The zero-order valence-corrected chi connectivity index (χ0v) is 13.8. The third-order valence-electron chi connectivity index (χ3n) is 4.12. The van der Waals surface area contributed by atoms with Gasteiger partial charge in [-0.25, -0.2) is 8.42 Å². The van der Waals surface area contributed by atoms with Gasteiger partial charge in [-0.2, -0.15) is 0 Å². The minimum Gasteiger partial charge on any atom is -0.352 e. The molecule has 1 atom stereocenters. The van der Waals surface area contributed by atoms with E-state index in [1.54, 1.807) is 6.07 Å². The Morgan fingerprint density at radius 2 is 1.92 bits per heavy atom. The molecule has 0 radical (unpaired) electrons. The molecule has 1 aromatic carbocycles. The Bertz CT molecular complexity index is 904. The molecule has 1 saturated heterocycles. The highest BCUT2D eigenvalue weighted by molar-refractivity contribution is 7.91. The largest absolute Gasteiger partial charge is 0.352 e. The molecule has 2 N–H and O–H groups in total. The number of nitrogens with one attached hydrogen (secondary N) is 2. The van der Waals surface area contributed by atoms with Gasteiger partial charge in [0.25, 0.3) is 11.5 Å². The van der Waals surface area contributed by atoms with Crippen LogP contribution in [0.2, 0.25) is 0 Å². The summed E-state index contributed by atoms with van der Waals surface area (Å²) in [4.78, 5) is 27.0. The summed E-state index contributed by atoms with van der Waals surface area (Å²) >= 11 is 0. The molecule has 0 aliphatic carbocycles. The standard InChI is InChI=1S/C17H18N2O4S/c20-16(18-10-12-8-9-24(22,23)11-12)14-6-7-15(19-17(14)21)13-4-2-1-3-5-13/h1-7,12H,8-11H2,(H,18,20)(H,19,21). The number of carbonyl (C=O) groups excluding carboxylic acids is 1. The summed E-state index contributed by atoms with van der Waals surface area (Å²) < 4.78 is 22.8. The van der Waals surface area contributed by atoms with E-state index < -0.39 is 21.3 Å². The monoisotopic (exact) mass is 346 g/mol. The fraction of sp³-hybridized carbons (Fsp3) is 0.294. The number of hydrogen-bond donors (Lipinski definition) is 2. The molecule has 0 bridgehead atoms. The number of rotatable bonds is 4. The van der Waals surface area contributed by atoms with E-state index in [2.05, 4.69) is 10.3 Å². The number of carbonyl (C=O) groups is 1. The highest BCUT2D eigenvalue weighted by Gasteiger charge is 2.28. The van der Waals surface area contributed by atoms with Gasteiger partial charge in [0.15, 0.2) is 9.84 Å². The lowest BCUT2D eigenvalue weighted by Gasteiger charge is -2.09. The van der Waals surface area contributed by atoms with Crippen molar-refractivity contribution in [2.45, 2.75) is 6.42 Å². The molecular formula is C17H18N2O4S. The van der Waals surface area contributed by atoms with Gasteiger partial charge in [0.2, 0.25) is 0 Å². The Balaban J connectivity index is 1.69. The van der Waals surface area contributed by atoms with Gasteiger partial charge >= 0.3 is 0 Å². The highest BCUT2D eigenvalue weighted by Crippen LogP contribution is 2.17. The first-order chi connectivity index (χ1) is 11.4. The zero-order chi connectivity index (χ0) is 17.2. The molecule has 0 spiro atoms. The van der Waals surface area contributed by atoms with Crippen LogP contribution < -0.4 is 10.9 Å². The number of aromatic amines is 1. The van der Waals surface area contributed by atoms with Crippen LogP contribution in [-0.2, 0) is 9.84 Å². The summed E-state index contributed by atoms with van der Waals surface area (Å²) in [5, 5.41) is 2.66. The minimum atomic E-state index is -2.97. The van der Waals surface area contributed by atoms with Crippen LogP contribution in [0.5, 0.6) is 0 Å². The molecule has 3 rings (SSSR count). The summed E-state index contributed by atoms with van der Waals surface area (Å²) in [6.45, 7) is 0.262. The van der Waals surface area contributed by atoms with Crippen molar-refractivity contribution in [1.82, 2.24) is 10.3 Å². The molecule has 2 aromatic rings. The number of benzene rings is 1. The van der Waals surface area contributed by atoms with Crippen LogP contribution in [0.3, 0.4) is 0 Å². The van der Waals surface area contributed by atoms with E-state index in [1.165, 1.54) is 6.07 Å². The van der Waals surface area contributed by atoms with Crippen LogP contribution in [0.4, 0.5) is 0 Å². The van der Waals surface area contributed by atoms with Crippen LogP contribution in [0.1, 0.15) is 16.8 Å². The first-order valence-electron chi connectivity index (χ1n) is 7.72. The van der Waals surface area contributed by atoms with E-state index >= 15 is 0 Å². The molecule has 0 saturated carbocycles. The molecule has 2 heterocycles. The Morgan fingerprint density at radius 3 is 2.54 bits per heavy atom. The molecule has 1 aromatic heterocycles. The quantitative estimate of drug-likeness (QED) is 0.870. The number of H-pyrrole nitrogens is 1. The Morgan fingerprint density at radius 1 is 1.17 bits per heavy atom. The van der Waals surface area contributed by atoms with E-state index in [9.17, 15) is 18.0 Å². The number of amides is 1. The maximum absolute atomic E-state index is 12.2. The fourth-order valence-corrected chi connectivity index (χ4v) is 4.67. The third-order valence-corrected chi connectivity index (χ3v) is 5.95. The smallest absolute Gasteiger partial charge is 0.261 e. The van der Waals surface area contributed by atoms with Crippen LogP contribution in [0, 0.1) is 5.92 Å². The maximum Gasteiger partial charge on any atom is 0.261 e. The average molecular weight is 346 g/mol. The molecule has 1 aliphatic rings. The first kappa shape index (κ1) is 16.4. The molecule has 24 heavy (non-hydrogen) atoms. The van der Waals surface area contributed by atoms with Crippen LogP contribution >= 0.6 is 0 Å². The zero-order valence-electron chi connectivity index (χ0n) is 13.0. The molecule has 1 aliphatic heterocycles. The summed E-state index contributed by atoms with van der Waals surface area (Å²) in [5.41, 5.74) is 1.06. The van der Waals surface area contributed by atoms with Crippen molar-refractivity contribution >= 4 is 15.7 Å². The van der Waals surface area contributed by atoms with E-state index in [4.69, 9.17) is 0 Å². The summed E-state index contributed by atoms with van der Waals surface area (Å²) in [6.07, 6.45) is 0.548. The lowest BCUT2D eigenvalue weighted by atomic mass is 10.1. The summed E-state index contributed by atoms with van der Waals surface area (Å²) in [7, 11) is -2.97. The van der Waals surface area contributed by atoms with Crippen molar-refractivity contribution in [2.75, 3.05) is 18.1 Å². The number of hydrogen-bond acceptors (Lipinski definition) is 4. The van der Waals surface area contributed by atoms with Gasteiger partial charge in [-0.05, 0) is 30.0 Å². The predicted molar refractivity (Wildman–Crippen MR) is 91.6 cm³/mol. The fourth-order valence-electron chi connectivity index (χ4n) is 2.80. The first-order valence-corrected chi connectivity index (χ1v) is 9.54. The molecule has 7 heteroatoms. The van der Waals surface area contributed by atoms with Gasteiger partial charge in [-0.15, -0.1) is 0 Å². The number of pyridine rings is 1. The average Bonchev–Trinajstić information content (AvgIpc) is 2.92. The van der Waals surface area contributed by atoms with Crippen molar-refractivity contribution in [3.8, 4) is 11.3 Å². The van der Waals surface area contributed by atoms with Gasteiger partial charge in [-0.3, -0.25) is 9.59 Å². The van der Waals surface area contributed by atoms with Crippen molar-refractivity contribution in [3.63, 3.8) is 0 Å². The van der Waals surface area contributed by atoms with Gasteiger partial charge < -0.3 is 10.3 Å².